The first-order valence-electron chi connectivity index (χ1n) is 7.25. The molecule has 2 N–H and O–H groups in total. The molecule has 0 fully saturated rings. The number of H-pyrrole nitrogens is 1. The summed E-state index contributed by atoms with van der Waals surface area (Å²) in [6, 6.07) is 6.22. The quantitative estimate of drug-likeness (QED) is 0.774. The molecule has 0 saturated heterocycles. The van der Waals surface area contributed by atoms with Gasteiger partial charge in [-0.25, -0.2) is 4.98 Å². The van der Waals surface area contributed by atoms with E-state index in [-0.39, 0.29) is 0 Å². The maximum atomic E-state index is 7.00. The van der Waals surface area contributed by atoms with Gasteiger partial charge in [0.2, 0.25) is 0 Å². The van der Waals surface area contributed by atoms with Crippen molar-refractivity contribution in [3.05, 3.63) is 30.6 Å². The summed E-state index contributed by atoms with van der Waals surface area (Å²) in [5.41, 5.74) is 2.03. The van der Waals surface area contributed by atoms with Gasteiger partial charge in [0.05, 0.1) is 5.52 Å². The maximum Gasteiger partial charge on any atom is 0.140 e. The van der Waals surface area contributed by atoms with Crippen LogP contribution in [0, 0.1) is 0 Å². The zero-order valence-corrected chi connectivity index (χ0v) is 12.8. The SMILES string of the molecule is CCCN(CC)c1ccc2c(n1)[nH]c1ccncc12.CO. The van der Waals surface area contributed by atoms with Gasteiger partial charge in [-0.15, -0.1) is 0 Å². The highest BCUT2D eigenvalue weighted by Crippen LogP contribution is 2.25. The van der Waals surface area contributed by atoms with Crippen molar-refractivity contribution < 1.29 is 5.11 Å². The van der Waals surface area contributed by atoms with Crippen molar-refractivity contribution in [3.63, 3.8) is 0 Å². The molecule has 0 unspecified atom stereocenters. The number of nitrogens with zero attached hydrogens (tertiary/aromatic N) is 3. The van der Waals surface area contributed by atoms with E-state index in [0.717, 1.165) is 54.4 Å². The smallest absolute Gasteiger partial charge is 0.140 e. The molecule has 3 rings (SSSR count). The van der Waals surface area contributed by atoms with Gasteiger partial charge in [-0.05, 0) is 31.5 Å². The Kier molecular flexibility index (Phi) is 5.11. The molecule has 21 heavy (non-hydrogen) atoms. The van der Waals surface area contributed by atoms with Gasteiger partial charge in [-0.1, -0.05) is 6.92 Å². The number of aliphatic hydroxyl groups excluding tert-OH is 1. The van der Waals surface area contributed by atoms with E-state index in [0.29, 0.717) is 0 Å². The zero-order chi connectivity index (χ0) is 15.2. The zero-order valence-electron chi connectivity index (χ0n) is 12.8. The summed E-state index contributed by atoms with van der Waals surface area (Å²) in [5, 5.41) is 9.27. The molecule has 0 amide bonds. The van der Waals surface area contributed by atoms with Gasteiger partial charge in [-0.2, -0.15) is 0 Å². The fourth-order valence-electron chi connectivity index (χ4n) is 2.49. The van der Waals surface area contributed by atoms with Crippen LogP contribution < -0.4 is 4.90 Å². The van der Waals surface area contributed by atoms with Gasteiger partial charge in [0.25, 0.3) is 0 Å². The number of nitrogens with one attached hydrogen (secondary N) is 1. The molecule has 3 aromatic rings. The van der Waals surface area contributed by atoms with Crippen molar-refractivity contribution in [2.75, 3.05) is 25.1 Å². The summed E-state index contributed by atoms with van der Waals surface area (Å²) in [7, 11) is 1.00. The highest BCUT2D eigenvalue weighted by molar-refractivity contribution is 6.05. The summed E-state index contributed by atoms with van der Waals surface area (Å²) in [4.78, 5) is 14.6. The van der Waals surface area contributed by atoms with E-state index in [9.17, 15) is 0 Å². The van der Waals surface area contributed by atoms with Gasteiger partial charge in [0, 0.05) is 43.4 Å². The first-order valence-corrected chi connectivity index (χ1v) is 7.25. The predicted molar refractivity (Wildman–Crippen MR) is 87.7 cm³/mol. The number of hydrogen-bond donors (Lipinski definition) is 2. The minimum Gasteiger partial charge on any atom is -0.400 e. The lowest BCUT2D eigenvalue weighted by Crippen LogP contribution is -2.24. The second-order valence-electron chi connectivity index (χ2n) is 4.69. The van der Waals surface area contributed by atoms with Gasteiger partial charge in [-0.3, -0.25) is 4.98 Å². The number of aromatic amines is 1. The molecule has 0 bridgehead atoms. The highest BCUT2D eigenvalue weighted by atomic mass is 16.2. The molecule has 5 heteroatoms. The third-order valence-electron chi connectivity index (χ3n) is 3.44. The summed E-state index contributed by atoms with van der Waals surface area (Å²) < 4.78 is 0. The molecule has 0 radical (unpaired) electrons. The molecule has 3 aromatic heterocycles. The molecule has 0 saturated carbocycles. The van der Waals surface area contributed by atoms with Crippen LogP contribution in [0.3, 0.4) is 0 Å². The second kappa shape index (κ2) is 7.04. The Morgan fingerprint density at radius 3 is 2.67 bits per heavy atom. The molecule has 0 aliphatic carbocycles. The van der Waals surface area contributed by atoms with Crippen LogP contribution in [-0.4, -0.2) is 40.3 Å². The second-order valence-corrected chi connectivity index (χ2v) is 4.69. The maximum absolute atomic E-state index is 7.00. The Morgan fingerprint density at radius 2 is 1.95 bits per heavy atom. The third kappa shape index (κ3) is 2.97. The van der Waals surface area contributed by atoms with Gasteiger partial charge in [0.15, 0.2) is 0 Å². The largest absolute Gasteiger partial charge is 0.400 e. The number of anilines is 1. The van der Waals surface area contributed by atoms with Gasteiger partial charge < -0.3 is 15.0 Å². The highest BCUT2D eigenvalue weighted by Gasteiger charge is 2.09. The topological polar surface area (TPSA) is 65.0 Å². The lowest BCUT2D eigenvalue weighted by Gasteiger charge is -2.20. The van der Waals surface area contributed by atoms with Crippen LogP contribution >= 0.6 is 0 Å². The minimum atomic E-state index is 0.940. The molecule has 5 nitrogen and oxygen atoms in total. The molecule has 0 spiro atoms. The Hall–Kier alpha value is -2.14. The van der Waals surface area contributed by atoms with Crippen molar-refractivity contribution in [2.24, 2.45) is 0 Å². The number of aromatic nitrogens is 3. The molecule has 0 atom stereocenters. The lowest BCUT2D eigenvalue weighted by atomic mass is 10.2. The summed E-state index contributed by atoms with van der Waals surface area (Å²) >= 11 is 0. The standard InChI is InChI=1S/C15H18N4.CH4O/c1-3-9-19(4-2)14-6-5-11-12-10-16-8-7-13(12)17-15(11)18-14;1-2/h5-8,10H,3-4,9H2,1-2H3,(H,17,18);2H,1H3. The number of pyridine rings is 2. The van der Waals surface area contributed by atoms with E-state index in [4.69, 9.17) is 10.1 Å². The number of fused-ring (bicyclic) bond motifs is 3. The van der Waals surface area contributed by atoms with E-state index in [1.165, 1.54) is 0 Å². The van der Waals surface area contributed by atoms with Crippen molar-refractivity contribution >= 4 is 27.8 Å². The molecule has 0 aliphatic heterocycles. The normalized spacial score (nSPS) is 10.5. The summed E-state index contributed by atoms with van der Waals surface area (Å²) in [5.74, 6) is 1.04. The van der Waals surface area contributed by atoms with E-state index in [2.05, 4.69) is 40.8 Å². The van der Waals surface area contributed by atoms with Crippen molar-refractivity contribution in [1.29, 1.82) is 0 Å². The Bertz CT molecular complexity index is 708. The molecule has 0 aliphatic rings. The lowest BCUT2D eigenvalue weighted by molar-refractivity contribution is 0.399. The van der Waals surface area contributed by atoms with Crippen LogP contribution in [0.1, 0.15) is 20.3 Å². The Labute approximate surface area is 124 Å². The Balaban J connectivity index is 0.000000774. The van der Waals surface area contributed by atoms with Crippen LogP contribution in [0.5, 0.6) is 0 Å². The van der Waals surface area contributed by atoms with Gasteiger partial charge >= 0.3 is 0 Å². The van der Waals surface area contributed by atoms with Crippen LogP contribution in [0.15, 0.2) is 30.6 Å². The average Bonchev–Trinajstić information content (AvgIpc) is 2.92. The average molecular weight is 286 g/mol. The molecular formula is C16H22N4O. The van der Waals surface area contributed by atoms with E-state index in [1.807, 2.05) is 12.3 Å². The van der Waals surface area contributed by atoms with Gasteiger partial charge in [0.1, 0.15) is 11.5 Å². The molecule has 3 heterocycles. The van der Waals surface area contributed by atoms with Crippen molar-refractivity contribution in [2.45, 2.75) is 20.3 Å². The molecule has 112 valence electrons. The summed E-state index contributed by atoms with van der Waals surface area (Å²) in [6.07, 6.45) is 4.82. The van der Waals surface area contributed by atoms with Crippen molar-refractivity contribution in [3.8, 4) is 0 Å². The van der Waals surface area contributed by atoms with Crippen LogP contribution in [0.2, 0.25) is 0 Å². The van der Waals surface area contributed by atoms with E-state index in [1.54, 1.807) is 6.20 Å². The Morgan fingerprint density at radius 1 is 1.14 bits per heavy atom. The van der Waals surface area contributed by atoms with Crippen molar-refractivity contribution in [1.82, 2.24) is 15.0 Å². The first kappa shape index (κ1) is 15.3. The minimum absolute atomic E-state index is 0.940. The molecular weight excluding hydrogens is 264 g/mol. The fraction of sp³-hybridized carbons (Fsp3) is 0.375. The summed E-state index contributed by atoms with van der Waals surface area (Å²) in [6.45, 7) is 6.37. The number of aliphatic hydroxyl groups is 1. The van der Waals surface area contributed by atoms with Crippen LogP contribution in [0.4, 0.5) is 5.82 Å². The fourth-order valence-corrected chi connectivity index (χ4v) is 2.49. The number of hydrogen-bond acceptors (Lipinski definition) is 4. The first-order chi connectivity index (χ1) is 10.3. The van der Waals surface area contributed by atoms with E-state index >= 15 is 0 Å². The molecule has 0 aromatic carbocycles. The van der Waals surface area contributed by atoms with Crippen LogP contribution in [0.25, 0.3) is 21.9 Å². The van der Waals surface area contributed by atoms with E-state index < -0.39 is 0 Å². The third-order valence-corrected chi connectivity index (χ3v) is 3.44. The monoisotopic (exact) mass is 286 g/mol. The van der Waals surface area contributed by atoms with Crippen LogP contribution in [-0.2, 0) is 0 Å². The predicted octanol–water partition coefficient (Wildman–Crippen LogP) is 2.96. The number of rotatable bonds is 4.